The van der Waals surface area contributed by atoms with Gasteiger partial charge in [0.05, 0.1) is 6.10 Å². The Hall–Kier alpha value is -1.64. The highest BCUT2D eigenvalue weighted by Crippen LogP contribution is 2.41. The van der Waals surface area contributed by atoms with Crippen molar-refractivity contribution in [3.63, 3.8) is 0 Å². The third kappa shape index (κ3) is 5.29. The van der Waals surface area contributed by atoms with Gasteiger partial charge in [0, 0.05) is 46.3 Å². The van der Waals surface area contributed by atoms with Gasteiger partial charge in [0.25, 0.3) is 0 Å². The number of aliphatic hydroxyl groups is 1. The van der Waals surface area contributed by atoms with Crippen LogP contribution in [-0.2, 0) is 4.74 Å². The molecule has 0 bridgehead atoms. The van der Waals surface area contributed by atoms with Crippen molar-refractivity contribution in [2.75, 3.05) is 18.5 Å². The van der Waals surface area contributed by atoms with Gasteiger partial charge in [-0.2, -0.15) is 0 Å². The second-order valence-electron chi connectivity index (χ2n) is 6.82. The first kappa shape index (κ1) is 22.1. The van der Waals surface area contributed by atoms with Gasteiger partial charge >= 0.3 is 0 Å². The number of benzene rings is 1. The summed E-state index contributed by atoms with van der Waals surface area (Å²) in [6.45, 7) is 2.98. The number of anilines is 2. The minimum absolute atomic E-state index is 0. The van der Waals surface area contributed by atoms with Crippen LogP contribution in [0.2, 0.25) is 0 Å². The van der Waals surface area contributed by atoms with E-state index in [0.717, 1.165) is 39.8 Å². The SMILES string of the molecule is Cc1c(Sc2ccccc2)cnc(Nc2nccs2)c1C1CC(CO)CCO1.Cl. The Kier molecular flexibility index (Phi) is 7.91. The predicted molar refractivity (Wildman–Crippen MR) is 121 cm³/mol. The molecular weight excluding hydrogens is 426 g/mol. The zero-order chi connectivity index (χ0) is 19.3. The number of pyridine rings is 1. The van der Waals surface area contributed by atoms with Crippen molar-refractivity contribution >= 4 is 46.5 Å². The summed E-state index contributed by atoms with van der Waals surface area (Å²) in [6.07, 6.45) is 5.30. The third-order valence-corrected chi connectivity index (χ3v) is 6.77. The zero-order valence-electron chi connectivity index (χ0n) is 16.1. The van der Waals surface area contributed by atoms with Gasteiger partial charge in [-0.3, -0.25) is 0 Å². The molecule has 0 saturated carbocycles. The van der Waals surface area contributed by atoms with E-state index in [1.165, 1.54) is 4.90 Å². The van der Waals surface area contributed by atoms with Crippen LogP contribution in [-0.4, -0.2) is 28.3 Å². The van der Waals surface area contributed by atoms with Crippen LogP contribution in [0.25, 0.3) is 0 Å². The third-order valence-electron chi connectivity index (χ3n) is 4.94. The number of halogens is 1. The van der Waals surface area contributed by atoms with Crippen LogP contribution >= 0.6 is 35.5 Å². The summed E-state index contributed by atoms with van der Waals surface area (Å²) in [7, 11) is 0. The van der Waals surface area contributed by atoms with E-state index >= 15 is 0 Å². The molecule has 0 spiro atoms. The summed E-state index contributed by atoms with van der Waals surface area (Å²) >= 11 is 3.25. The molecule has 2 unspecified atom stereocenters. The van der Waals surface area contributed by atoms with Gasteiger partial charge in [-0.15, -0.1) is 23.7 Å². The first-order valence-corrected chi connectivity index (χ1v) is 11.1. The Morgan fingerprint density at radius 2 is 2.10 bits per heavy atom. The molecule has 2 aromatic heterocycles. The summed E-state index contributed by atoms with van der Waals surface area (Å²) < 4.78 is 6.12. The lowest BCUT2D eigenvalue weighted by atomic mass is 9.91. The number of rotatable bonds is 6. The van der Waals surface area contributed by atoms with Crippen molar-refractivity contribution in [1.29, 1.82) is 0 Å². The van der Waals surface area contributed by atoms with E-state index in [0.29, 0.717) is 6.61 Å². The average Bonchev–Trinajstić information content (AvgIpc) is 3.24. The van der Waals surface area contributed by atoms with Crippen molar-refractivity contribution in [2.45, 2.75) is 35.7 Å². The average molecular weight is 450 g/mol. The number of aromatic nitrogens is 2. The van der Waals surface area contributed by atoms with Crippen molar-refractivity contribution in [2.24, 2.45) is 5.92 Å². The Bertz CT molecular complexity index is 910. The second-order valence-corrected chi connectivity index (χ2v) is 8.83. The second kappa shape index (κ2) is 10.4. The normalized spacial score (nSPS) is 18.8. The fraction of sp³-hybridized carbons (Fsp3) is 0.333. The number of thiazole rings is 1. The van der Waals surface area contributed by atoms with Gasteiger partial charge in [0.2, 0.25) is 0 Å². The van der Waals surface area contributed by atoms with Crippen LogP contribution in [0.15, 0.2) is 57.9 Å². The summed E-state index contributed by atoms with van der Waals surface area (Å²) in [5.41, 5.74) is 2.22. The van der Waals surface area contributed by atoms with E-state index in [1.807, 2.05) is 29.8 Å². The molecule has 2 atom stereocenters. The Balaban J connectivity index is 0.00000240. The van der Waals surface area contributed by atoms with E-state index in [1.54, 1.807) is 29.3 Å². The van der Waals surface area contributed by atoms with Gasteiger partial charge < -0.3 is 15.2 Å². The van der Waals surface area contributed by atoms with Gasteiger partial charge in [0.15, 0.2) is 5.13 Å². The molecule has 1 aromatic carbocycles. The maximum atomic E-state index is 9.65. The molecule has 29 heavy (non-hydrogen) atoms. The smallest absolute Gasteiger partial charge is 0.188 e. The molecule has 0 amide bonds. The molecule has 2 N–H and O–H groups in total. The van der Waals surface area contributed by atoms with E-state index in [2.05, 4.69) is 29.4 Å². The number of ether oxygens (including phenoxy) is 1. The number of nitrogens with one attached hydrogen (secondary N) is 1. The maximum Gasteiger partial charge on any atom is 0.188 e. The number of aliphatic hydroxyl groups excluding tert-OH is 1. The Morgan fingerprint density at radius 1 is 1.28 bits per heavy atom. The van der Waals surface area contributed by atoms with E-state index in [-0.39, 0.29) is 31.0 Å². The minimum Gasteiger partial charge on any atom is -0.396 e. The zero-order valence-corrected chi connectivity index (χ0v) is 18.5. The van der Waals surface area contributed by atoms with E-state index < -0.39 is 0 Å². The molecule has 4 rings (SSSR count). The lowest BCUT2D eigenvalue weighted by Gasteiger charge is -2.31. The molecule has 154 valence electrons. The number of hydrogen-bond acceptors (Lipinski definition) is 7. The molecule has 0 radical (unpaired) electrons. The molecule has 3 heterocycles. The molecule has 8 heteroatoms. The highest BCUT2D eigenvalue weighted by atomic mass is 35.5. The highest BCUT2D eigenvalue weighted by Gasteiger charge is 2.28. The van der Waals surface area contributed by atoms with Crippen molar-refractivity contribution in [3.8, 4) is 0 Å². The fourth-order valence-corrected chi connectivity index (χ4v) is 4.87. The monoisotopic (exact) mass is 449 g/mol. The molecule has 1 fully saturated rings. The van der Waals surface area contributed by atoms with Crippen LogP contribution in [0.3, 0.4) is 0 Å². The molecule has 1 aliphatic rings. The van der Waals surface area contributed by atoms with Crippen molar-refractivity contribution < 1.29 is 9.84 Å². The molecule has 5 nitrogen and oxygen atoms in total. The van der Waals surface area contributed by atoms with Crippen LogP contribution in [0.4, 0.5) is 10.9 Å². The van der Waals surface area contributed by atoms with Crippen molar-refractivity contribution in [1.82, 2.24) is 9.97 Å². The molecule has 1 saturated heterocycles. The Morgan fingerprint density at radius 3 is 2.83 bits per heavy atom. The quantitative estimate of drug-likeness (QED) is 0.508. The number of nitrogens with zero attached hydrogens (tertiary/aromatic N) is 2. The van der Waals surface area contributed by atoms with Crippen LogP contribution < -0.4 is 5.32 Å². The van der Waals surface area contributed by atoms with Gasteiger partial charge in [-0.25, -0.2) is 9.97 Å². The minimum atomic E-state index is -0.0859. The molecule has 3 aromatic rings. The summed E-state index contributed by atoms with van der Waals surface area (Å²) in [5, 5.41) is 15.8. The lowest BCUT2D eigenvalue weighted by Crippen LogP contribution is -2.23. The van der Waals surface area contributed by atoms with Crippen molar-refractivity contribution in [3.05, 3.63) is 59.2 Å². The van der Waals surface area contributed by atoms with Gasteiger partial charge in [-0.05, 0) is 43.4 Å². The lowest BCUT2D eigenvalue weighted by molar-refractivity contribution is -0.0227. The highest BCUT2D eigenvalue weighted by molar-refractivity contribution is 7.99. The van der Waals surface area contributed by atoms with E-state index in [9.17, 15) is 5.11 Å². The fourth-order valence-electron chi connectivity index (χ4n) is 3.43. The first-order chi connectivity index (χ1) is 13.7. The van der Waals surface area contributed by atoms with Crippen LogP contribution in [0.1, 0.15) is 30.1 Å². The molecule has 1 aliphatic heterocycles. The van der Waals surface area contributed by atoms with Gasteiger partial charge in [0.1, 0.15) is 5.82 Å². The van der Waals surface area contributed by atoms with Gasteiger partial charge in [-0.1, -0.05) is 30.0 Å². The largest absolute Gasteiger partial charge is 0.396 e. The Labute approximate surface area is 185 Å². The molecular formula is C21H24ClN3O2S2. The van der Waals surface area contributed by atoms with Crippen LogP contribution in [0, 0.1) is 12.8 Å². The maximum absolute atomic E-state index is 9.65. The first-order valence-electron chi connectivity index (χ1n) is 9.36. The summed E-state index contributed by atoms with van der Waals surface area (Å²) in [6, 6.07) is 10.3. The predicted octanol–water partition coefficient (Wildman–Crippen LogP) is 5.62. The standard InChI is InChI=1S/C21H23N3O2S2.ClH/c1-14-18(28-16-5-3-2-4-6-16)12-23-20(24-21-22-8-10-27-21)19(14)17-11-15(13-25)7-9-26-17;/h2-6,8,10,12,15,17,25H,7,9,11,13H2,1H3,(H,22,23,24);1H. The van der Waals surface area contributed by atoms with Crippen LogP contribution in [0.5, 0.6) is 0 Å². The topological polar surface area (TPSA) is 67.3 Å². The van der Waals surface area contributed by atoms with E-state index in [4.69, 9.17) is 9.72 Å². The number of hydrogen-bond donors (Lipinski definition) is 2. The summed E-state index contributed by atoms with van der Waals surface area (Å²) in [4.78, 5) is 11.3. The summed E-state index contributed by atoms with van der Waals surface area (Å²) in [5.74, 6) is 1.05. The molecule has 0 aliphatic carbocycles.